The Morgan fingerprint density at radius 1 is 1.15 bits per heavy atom. The lowest BCUT2D eigenvalue weighted by Crippen LogP contribution is -2.15. The van der Waals surface area contributed by atoms with Gasteiger partial charge in [0.1, 0.15) is 19.5 Å². The molecule has 0 saturated carbocycles. The van der Waals surface area contributed by atoms with Crippen LogP contribution in [0.1, 0.15) is 0 Å². The summed E-state index contributed by atoms with van der Waals surface area (Å²) < 4.78 is 16.4. The van der Waals surface area contributed by atoms with Crippen molar-refractivity contribution in [3.05, 3.63) is 24.5 Å². The highest BCUT2D eigenvalue weighted by Gasteiger charge is 2.21. The first-order valence-corrected chi connectivity index (χ1v) is 6.00. The topological polar surface area (TPSA) is 99.0 Å². The summed E-state index contributed by atoms with van der Waals surface area (Å²) in [6.07, 6.45) is 1.38. The molecule has 0 bridgehead atoms. The Morgan fingerprint density at radius 2 is 2.10 bits per heavy atom. The number of aromatic nitrogens is 5. The molecule has 20 heavy (non-hydrogen) atoms. The monoisotopic (exact) mass is 271 g/mol. The molecular weight excluding hydrogens is 262 g/mol. The van der Waals surface area contributed by atoms with Crippen LogP contribution in [-0.2, 0) is 0 Å². The third-order valence-corrected chi connectivity index (χ3v) is 2.85. The van der Waals surface area contributed by atoms with Gasteiger partial charge in [0, 0.05) is 0 Å². The predicted octanol–water partition coefficient (Wildman–Crippen LogP) is 1.29. The molecule has 1 aliphatic heterocycles. The molecule has 0 unspecified atom stereocenters. The number of hydrogen-bond donors (Lipinski definition) is 1. The molecule has 100 valence electrons. The fourth-order valence-corrected chi connectivity index (χ4v) is 1.98. The van der Waals surface area contributed by atoms with Crippen molar-refractivity contribution >= 4 is 0 Å². The van der Waals surface area contributed by atoms with E-state index in [9.17, 15) is 0 Å². The van der Waals surface area contributed by atoms with Gasteiger partial charge >= 0.3 is 0 Å². The van der Waals surface area contributed by atoms with Crippen molar-refractivity contribution in [2.45, 2.75) is 0 Å². The van der Waals surface area contributed by atoms with Crippen molar-refractivity contribution in [1.29, 1.82) is 0 Å². The first kappa shape index (κ1) is 11.0. The molecule has 0 spiro atoms. The number of aromatic amines is 1. The van der Waals surface area contributed by atoms with E-state index in [1.54, 1.807) is 0 Å². The smallest absolute Gasteiger partial charge is 0.262 e. The number of benzene rings is 1. The van der Waals surface area contributed by atoms with E-state index in [0.717, 1.165) is 0 Å². The maximum absolute atomic E-state index is 5.62. The molecule has 8 nitrogen and oxygen atoms in total. The van der Waals surface area contributed by atoms with E-state index < -0.39 is 0 Å². The normalized spacial score (nSPS) is 13.4. The standard InChI is InChI=1S/C12H9N5O3/c1-2-7(9-8(3-1)18-4-5-19-9)12-15-11(17-20-12)10-13-6-14-16-10/h1-3,6H,4-5H2,(H,13,14,16). The number of ether oxygens (including phenoxy) is 2. The summed E-state index contributed by atoms with van der Waals surface area (Å²) in [6.45, 7) is 1.02. The van der Waals surface area contributed by atoms with Gasteiger partial charge in [0.2, 0.25) is 5.82 Å². The SMILES string of the molecule is c1cc2c(c(-c3nc(-c4ncn[nH]4)no3)c1)OCCO2. The van der Waals surface area contributed by atoms with Crippen molar-refractivity contribution < 1.29 is 14.0 Å². The van der Waals surface area contributed by atoms with Crippen molar-refractivity contribution in [2.75, 3.05) is 13.2 Å². The molecule has 1 aliphatic rings. The van der Waals surface area contributed by atoms with Crippen LogP contribution in [0, 0.1) is 0 Å². The minimum Gasteiger partial charge on any atom is -0.486 e. The molecular formula is C12H9N5O3. The maximum atomic E-state index is 5.62. The zero-order chi connectivity index (χ0) is 13.4. The Kier molecular flexibility index (Phi) is 2.38. The molecule has 0 fully saturated rings. The first-order valence-electron chi connectivity index (χ1n) is 6.00. The molecule has 0 aliphatic carbocycles. The summed E-state index contributed by atoms with van der Waals surface area (Å²) in [6, 6.07) is 5.53. The lowest BCUT2D eigenvalue weighted by atomic mass is 10.1. The van der Waals surface area contributed by atoms with E-state index in [0.29, 0.717) is 47.8 Å². The van der Waals surface area contributed by atoms with E-state index in [1.807, 2.05) is 18.2 Å². The molecule has 0 atom stereocenters. The van der Waals surface area contributed by atoms with E-state index in [-0.39, 0.29) is 0 Å². The molecule has 1 aromatic carbocycles. The average molecular weight is 271 g/mol. The Balaban J connectivity index is 1.78. The van der Waals surface area contributed by atoms with Crippen LogP contribution in [0.4, 0.5) is 0 Å². The number of para-hydroxylation sites is 1. The lowest BCUT2D eigenvalue weighted by Gasteiger charge is -2.19. The zero-order valence-corrected chi connectivity index (χ0v) is 10.2. The Morgan fingerprint density at radius 3 is 3.00 bits per heavy atom. The van der Waals surface area contributed by atoms with Crippen molar-refractivity contribution in [2.24, 2.45) is 0 Å². The molecule has 0 radical (unpaired) electrons. The highest BCUT2D eigenvalue weighted by molar-refractivity contribution is 5.68. The van der Waals surface area contributed by atoms with Crippen molar-refractivity contribution in [3.8, 4) is 34.6 Å². The van der Waals surface area contributed by atoms with E-state index in [4.69, 9.17) is 14.0 Å². The summed E-state index contributed by atoms with van der Waals surface area (Å²) in [5.41, 5.74) is 0.695. The quantitative estimate of drug-likeness (QED) is 0.749. The second kappa shape index (κ2) is 4.34. The van der Waals surface area contributed by atoms with Gasteiger partial charge in [0.15, 0.2) is 17.3 Å². The van der Waals surface area contributed by atoms with Gasteiger partial charge in [-0.3, -0.25) is 5.10 Å². The summed E-state index contributed by atoms with van der Waals surface area (Å²) in [7, 11) is 0. The zero-order valence-electron chi connectivity index (χ0n) is 10.2. The number of rotatable bonds is 2. The number of nitrogens with one attached hydrogen (secondary N) is 1. The van der Waals surface area contributed by atoms with Crippen LogP contribution in [-0.4, -0.2) is 38.5 Å². The Bertz CT molecular complexity index is 737. The molecule has 0 amide bonds. The van der Waals surface area contributed by atoms with Crippen molar-refractivity contribution in [3.63, 3.8) is 0 Å². The van der Waals surface area contributed by atoms with E-state index in [1.165, 1.54) is 6.33 Å². The third-order valence-electron chi connectivity index (χ3n) is 2.85. The molecule has 0 saturated heterocycles. The second-order valence-corrected chi connectivity index (χ2v) is 4.09. The molecule has 2 aromatic heterocycles. The third kappa shape index (κ3) is 1.69. The van der Waals surface area contributed by atoms with Crippen LogP contribution in [0.25, 0.3) is 23.1 Å². The van der Waals surface area contributed by atoms with Crippen LogP contribution < -0.4 is 9.47 Å². The molecule has 8 heteroatoms. The predicted molar refractivity (Wildman–Crippen MR) is 66.1 cm³/mol. The summed E-state index contributed by atoms with van der Waals surface area (Å²) >= 11 is 0. The van der Waals surface area contributed by atoms with E-state index in [2.05, 4.69) is 25.3 Å². The number of H-pyrrole nitrogens is 1. The summed E-state index contributed by atoms with van der Waals surface area (Å²) in [5.74, 6) is 2.42. The van der Waals surface area contributed by atoms with Gasteiger partial charge in [0.05, 0.1) is 5.56 Å². The highest BCUT2D eigenvalue weighted by atomic mass is 16.6. The van der Waals surface area contributed by atoms with Crippen molar-refractivity contribution in [1.82, 2.24) is 25.3 Å². The largest absolute Gasteiger partial charge is 0.486 e. The van der Waals surface area contributed by atoms with Gasteiger partial charge < -0.3 is 14.0 Å². The van der Waals surface area contributed by atoms with Gasteiger partial charge in [-0.25, -0.2) is 4.98 Å². The number of nitrogens with zero attached hydrogens (tertiary/aromatic N) is 4. The minimum absolute atomic E-state index is 0.340. The van der Waals surface area contributed by atoms with Gasteiger partial charge in [-0.2, -0.15) is 10.1 Å². The van der Waals surface area contributed by atoms with Crippen LogP contribution in [0.3, 0.4) is 0 Å². The lowest BCUT2D eigenvalue weighted by molar-refractivity contribution is 0.172. The van der Waals surface area contributed by atoms with Gasteiger partial charge in [-0.15, -0.1) is 0 Å². The fourth-order valence-electron chi connectivity index (χ4n) is 1.98. The van der Waals surface area contributed by atoms with E-state index >= 15 is 0 Å². The Hall–Kier alpha value is -2.90. The van der Waals surface area contributed by atoms with Crippen LogP contribution in [0.15, 0.2) is 29.0 Å². The van der Waals surface area contributed by atoms with Crippen LogP contribution >= 0.6 is 0 Å². The molecule has 3 heterocycles. The van der Waals surface area contributed by atoms with Crippen LogP contribution in [0.5, 0.6) is 11.5 Å². The summed E-state index contributed by atoms with van der Waals surface area (Å²) in [4.78, 5) is 8.26. The first-order chi connectivity index (χ1) is 9.92. The molecule has 3 aromatic rings. The fraction of sp³-hybridized carbons (Fsp3) is 0.167. The maximum Gasteiger partial charge on any atom is 0.262 e. The van der Waals surface area contributed by atoms with Crippen LogP contribution in [0.2, 0.25) is 0 Å². The van der Waals surface area contributed by atoms with Gasteiger partial charge in [-0.1, -0.05) is 11.2 Å². The summed E-state index contributed by atoms with van der Waals surface area (Å²) in [5, 5.41) is 10.3. The van der Waals surface area contributed by atoms with Gasteiger partial charge in [-0.05, 0) is 12.1 Å². The number of hydrogen-bond acceptors (Lipinski definition) is 7. The highest BCUT2D eigenvalue weighted by Crippen LogP contribution is 2.39. The minimum atomic E-state index is 0.340. The Labute approximate surface area is 112 Å². The molecule has 1 N–H and O–H groups in total. The average Bonchev–Trinajstić information content (AvgIpc) is 3.17. The second-order valence-electron chi connectivity index (χ2n) is 4.09. The number of fused-ring (bicyclic) bond motifs is 1. The van der Waals surface area contributed by atoms with Gasteiger partial charge in [0.25, 0.3) is 5.89 Å². The molecule has 4 rings (SSSR count).